The van der Waals surface area contributed by atoms with Crippen LogP contribution in [0.25, 0.3) is 11.2 Å². The summed E-state index contributed by atoms with van der Waals surface area (Å²) in [4.78, 5) is 39.6. The number of hydrogen-bond donors (Lipinski definition) is 4. The Bertz CT molecular complexity index is 1080. The van der Waals surface area contributed by atoms with Gasteiger partial charge in [-0.15, -0.1) is 0 Å². The molecule has 0 aliphatic carbocycles. The van der Waals surface area contributed by atoms with Crippen molar-refractivity contribution in [3.05, 3.63) is 46.8 Å². The zero-order valence-corrected chi connectivity index (χ0v) is 16.1. The number of H-pyrrole nitrogens is 1. The Morgan fingerprint density at radius 2 is 2.23 bits per heavy atom. The first-order chi connectivity index (χ1) is 14.6. The molecule has 11 heteroatoms. The van der Waals surface area contributed by atoms with Crippen LogP contribution in [0.1, 0.15) is 36.0 Å². The molecule has 4 rings (SSSR count). The molecule has 1 aliphatic rings. The van der Waals surface area contributed by atoms with E-state index < -0.39 is 24.0 Å². The number of ketones is 1. The monoisotopic (exact) mass is 414 g/mol. The molecule has 3 unspecified atom stereocenters. The minimum atomic E-state index is -0.811. The Hall–Kier alpha value is -3.15. The van der Waals surface area contributed by atoms with E-state index >= 15 is 0 Å². The van der Waals surface area contributed by atoms with Gasteiger partial charge in [-0.25, -0.2) is 4.98 Å². The quantitative estimate of drug-likeness (QED) is 0.299. The number of fused-ring (bicyclic) bond motifs is 1. The van der Waals surface area contributed by atoms with Crippen molar-refractivity contribution in [1.82, 2.24) is 24.5 Å². The van der Waals surface area contributed by atoms with E-state index in [1.165, 1.54) is 6.33 Å². The molecule has 3 aromatic heterocycles. The molecule has 0 spiro atoms. The number of aliphatic hydroxyl groups is 2. The average molecular weight is 414 g/mol. The first-order valence-electron chi connectivity index (χ1n) is 9.66. The largest absolute Gasteiger partial charge is 0.394 e. The third kappa shape index (κ3) is 4.08. The van der Waals surface area contributed by atoms with Gasteiger partial charge in [0, 0.05) is 25.6 Å². The molecule has 30 heavy (non-hydrogen) atoms. The van der Waals surface area contributed by atoms with Gasteiger partial charge in [0.25, 0.3) is 5.56 Å². The number of ether oxygens (including phenoxy) is 1. The van der Waals surface area contributed by atoms with Crippen LogP contribution in [-0.2, 0) is 4.74 Å². The summed E-state index contributed by atoms with van der Waals surface area (Å²) in [5.41, 5.74) is 0.468. The Balaban J connectivity index is 1.42. The Morgan fingerprint density at radius 1 is 1.37 bits per heavy atom. The van der Waals surface area contributed by atoms with Crippen molar-refractivity contribution < 1.29 is 19.7 Å². The second kappa shape index (κ2) is 8.69. The molecule has 0 saturated carbocycles. The van der Waals surface area contributed by atoms with Gasteiger partial charge in [0.2, 0.25) is 5.95 Å². The van der Waals surface area contributed by atoms with Gasteiger partial charge in [-0.2, -0.15) is 4.98 Å². The van der Waals surface area contributed by atoms with Gasteiger partial charge < -0.3 is 20.3 Å². The minimum Gasteiger partial charge on any atom is -0.394 e. The summed E-state index contributed by atoms with van der Waals surface area (Å²) >= 11 is 0. The lowest BCUT2D eigenvalue weighted by atomic mass is 10.1. The Morgan fingerprint density at radius 3 is 2.97 bits per heavy atom. The highest BCUT2D eigenvalue weighted by Gasteiger charge is 2.35. The van der Waals surface area contributed by atoms with E-state index in [1.807, 2.05) is 0 Å². The fourth-order valence-corrected chi connectivity index (χ4v) is 3.38. The number of anilines is 1. The van der Waals surface area contributed by atoms with Crippen LogP contribution >= 0.6 is 0 Å². The van der Waals surface area contributed by atoms with E-state index in [-0.39, 0.29) is 30.3 Å². The molecule has 4 N–H and O–H groups in total. The van der Waals surface area contributed by atoms with Gasteiger partial charge in [0.1, 0.15) is 18.0 Å². The molecule has 1 fully saturated rings. The van der Waals surface area contributed by atoms with Crippen molar-refractivity contribution in [2.75, 3.05) is 18.5 Å². The number of imidazole rings is 1. The van der Waals surface area contributed by atoms with Crippen LogP contribution in [0.5, 0.6) is 0 Å². The number of aromatic nitrogens is 5. The van der Waals surface area contributed by atoms with E-state index in [1.54, 1.807) is 29.0 Å². The molecule has 3 aromatic rings. The molecule has 0 bridgehead atoms. The first-order valence-corrected chi connectivity index (χ1v) is 9.66. The maximum absolute atomic E-state index is 12.3. The van der Waals surface area contributed by atoms with E-state index in [9.17, 15) is 19.8 Å². The third-order valence-corrected chi connectivity index (χ3v) is 4.95. The molecular formula is C19H22N6O5. The second-order valence-corrected chi connectivity index (χ2v) is 7.02. The fourth-order valence-electron chi connectivity index (χ4n) is 3.38. The SMILES string of the molecule is O=C(CCCNc1nc2c(ncn2C2CC(O)C(CO)O2)c(=O)[nH]1)c1ccccn1. The maximum atomic E-state index is 12.3. The molecule has 4 heterocycles. The fraction of sp³-hybridized carbons (Fsp3) is 0.421. The number of nitrogens with zero attached hydrogens (tertiary/aromatic N) is 4. The Kier molecular flexibility index (Phi) is 5.84. The smallest absolute Gasteiger partial charge is 0.280 e. The van der Waals surface area contributed by atoms with Crippen LogP contribution in [0.2, 0.25) is 0 Å². The lowest BCUT2D eigenvalue weighted by molar-refractivity contribution is -0.0432. The molecule has 0 aromatic carbocycles. The zero-order valence-electron chi connectivity index (χ0n) is 16.1. The standard InChI is InChI=1S/C19H22N6O5/c26-9-14-13(28)8-15(30-14)25-10-22-16-17(25)23-19(24-18(16)29)21-7-3-5-12(27)11-4-1-2-6-20-11/h1-2,4,6,10,13-15,26,28H,3,5,7-9H2,(H2,21,23,24,29). The summed E-state index contributed by atoms with van der Waals surface area (Å²) in [6.45, 7) is 0.120. The summed E-state index contributed by atoms with van der Waals surface area (Å²) in [5.74, 6) is 0.194. The van der Waals surface area contributed by atoms with Crippen LogP contribution < -0.4 is 10.9 Å². The summed E-state index contributed by atoms with van der Waals surface area (Å²) in [7, 11) is 0. The first kappa shape index (κ1) is 20.1. The van der Waals surface area contributed by atoms with Crippen molar-refractivity contribution in [2.24, 2.45) is 0 Å². The number of rotatable bonds is 8. The maximum Gasteiger partial charge on any atom is 0.280 e. The van der Waals surface area contributed by atoms with Crippen LogP contribution in [0.4, 0.5) is 5.95 Å². The molecule has 1 saturated heterocycles. The summed E-state index contributed by atoms with van der Waals surface area (Å²) in [5, 5.41) is 22.2. The van der Waals surface area contributed by atoms with Gasteiger partial charge >= 0.3 is 0 Å². The van der Waals surface area contributed by atoms with Crippen LogP contribution in [0, 0.1) is 0 Å². The summed E-state index contributed by atoms with van der Waals surface area (Å²) in [6, 6.07) is 5.19. The van der Waals surface area contributed by atoms with E-state index in [4.69, 9.17) is 4.74 Å². The second-order valence-electron chi connectivity index (χ2n) is 7.02. The van der Waals surface area contributed by atoms with Crippen LogP contribution in [-0.4, -0.2) is 65.9 Å². The number of carbonyl (C=O) groups excluding carboxylic acids is 1. The van der Waals surface area contributed by atoms with Gasteiger partial charge in [-0.05, 0) is 18.6 Å². The van der Waals surface area contributed by atoms with Gasteiger partial charge in [0.05, 0.1) is 19.0 Å². The number of nitrogens with one attached hydrogen (secondary N) is 2. The molecule has 158 valence electrons. The number of Topliss-reactive ketones (excluding diaryl/α,β-unsaturated/α-hetero) is 1. The van der Waals surface area contributed by atoms with E-state index in [0.717, 1.165) is 0 Å². The highest BCUT2D eigenvalue weighted by molar-refractivity contribution is 5.94. The normalized spacial score (nSPS) is 21.2. The lowest BCUT2D eigenvalue weighted by Crippen LogP contribution is -2.24. The molecule has 11 nitrogen and oxygen atoms in total. The topological polar surface area (TPSA) is 155 Å². The summed E-state index contributed by atoms with van der Waals surface area (Å²) in [6.07, 6.45) is 2.02. The molecule has 1 aliphatic heterocycles. The van der Waals surface area contributed by atoms with Crippen LogP contribution in [0.15, 0.2) is 35.5 Å². The minimum absolute atomic E-state index is 0.0530. The zero-order chi connectivity index (χ0) is 21.1. The van der Waals surface area contributed by atoms with Crippen molar-refractivity contribution in [3.63, 3.8) is 0 Å². The Labute approximate surface area is 170 Å². The highest BCUT2D eigenvalue weighted by atomic mass is 16.5. The number of carbonyl (C=O) groups is 1. The van der Waals surface area contributed by atoms with Crippen LogP contribution in [0.3, 0.4) is 0 Å². The lowest BCUT2D eigenvalue weighted by Gasteiger charge is -2.14. The molecule has 0 amide bonds. The predicted octanol–water partition coefficient (Wildman–Crippen LogP) is 0.230. The van der Waals surface area contributed by atoms with Crippen molar-refractivity contribution >= 4 is 22.9 Å². The average Bonchev–Trinajstić information content (AvgIpc) is 3.35. The van der Waals surface area contributed by atoms with Gasteiger partial charge in [0.15, 0.2) is 16.9 Å². The van der Waals surface area contributed by atoms with E-state index in [0.29, 0.717) is 30.7 Å². The van der Waals surface area contributed by atoms with Crippen molar-refractivity contribution in [3.8, 4) is 0 Å². The number of hydrogen-bond acceptors (Lipinski definition) is 9. The number of aromatic amines is 1. The van der Waals surface area contributed by atoms with Gasteiger partial charge in [-0.3, -0.25) is 24.1 Å². The predicted molar refractivity (Wildman–Crippen MR) is 106 cm³/mol. The van der Waals surface area contributed by atoms with Crippen molar-refractivity contribution in [2.45, 2.75) is 37.7 Å². The molecular weight excluding hydrogens is 392 g/mol. The van der Waals surface area contributed by atoms with Crippen molar-refractivity contribution in [1.29, 1.82) is 0 Å². The third-order valence-electron chi connectivity index (χ3n) is 4.95. The number of pyridine rings is 1. The molecule has 0 radical (unpaired) electrons. The van der Waals surface area contributed by atoms with Gasteiger partial charge in [-0.1, -0.05) is 6.07 Å². The summed E-state index contributed by atoms with van der Waals surface area (Å²) < 4.78 is 7.20. The number of aliphatic hydroxyl groups excluding tert-OH is 2. The highest BCUT2D eigenvalue weighted by Crippen LogP contribution is 2.30. The molecule has 3 atom stereocenters. The van der Waals surface area contributed by atoms with E-state index in [2.05, 4.69) is 25.3 Å².